The van der Waals surface area contributed by atoms with Crippen LogP contribution >= 0.6 is 12.6 Å². The van der Waals surface area contributed by atoms with Gasteiger partial charge in [-0.25, -0.2) is 0 Å². The van der Waals surface area contributed by atoms with E-state index < -0.39 is 23.2 Å². The fourth-order valence-corrected chi connectivity index (χ4v) is 0.704. The Balaban J connectivity index is 4.35. The maximum Gasteiger partial charge on any atom is 0.451 e. The normalized spacial score (nSPS) is 13.6. The van der Waals surface area contributed by atoms with Crippen LogP contribution in [0.4, 0.5) is 13.2 Å². The zero-order valence-corrected chi connectivity index (χ0v) is 7.48. The van der Waals surface area contributed by atoms with Crippen molar-refractivity contribution in [2.75, 3.05) is 6.61 Å². The fourth-order valence-electron chi connectivity index (χ4n) is 0.483. The van der Waals surface area contributed by atoms with Gasteiger partial charge in [0.15, 0.2) is 5.25 Å². The van der Waals surface area contributed by atoms with E-state index in [9.17, 15) is 22.8 Å². The fraction of sp³-hybridized carbons (Fsp3) is 0.667. The van der Waals surface area contributed by atoms with Gasteiger partial charge >= 0.3 is 12.1 Å². The van der Waals surface area contributed by atoms with Crippen LogP contribution < -0.4 is 0 Å². The molecule has 0 fully saturated rings. The second-order valence-corrected chi connectivity index (χ2v) is 2.53. The Morgan fingerprint density at radius 3 is 2.23 bits per heavy atom. The average molecular weight is 216 g/mol. The van der Waals surface area contributed by atoms with Crippen molar-refractivity contribution in [3.8, 4) is 0 Å². The van der Waals surface area contributed by atoms with E-state index in [1.165, 1.54) is 6.92 Å². The predicted octanol–water partition coefficient (Wildman–Crippen LogP) is 0.979. The predicted molar refractivity (Wildman–Crippen MR) is 40.5 cm³/mol. The largest absolute Gasteiger partial charge is 0.465 e. The summed E-state index contributed by atoms with van der Waals surface area (Å²) in [5.41, 5.74) is 0. The van der Waals surface area contributed by atoms with Crippen LogP contribution in [0.3, 0.4) is 0 Å². The zero-order valence-electron chi connectivity index (χ0n) is 6.59. The minimum atomic E-state index is -5.06. The molecule has 0 amide bonds. The van der Waals surface area contributed by atoms with Crippen molar-refractivity contribution in [1.29, 1.82) is 0 Å². The highest BCUT2D eigenvalue weighted by Gasteiger charge is 2.45. The molecule has 1 atom stereocenters. The van der Waals surface area contributed by atoms with Crippen molar-refractivity contribution in [2.45, 2.75) is 18.3 Å². The number of hydrogen-bond acceptors (Lipinski definition) is 4. The molecule has 0 bridgehead atoms. The number of carbonyl (C=O) groups is 2. The van der Waals surface area contributed by atoms with Crippen LogP contribution in [0.2, 0.25) is 0 Å². The van der Waals surface area contributed by atoms with Crippen LogP contribution in [-0.2, 0) is 14.3 Å². The van der Waals surface area contributed by atoms with Crippen molar-refractivity contribution in [1.82, 2.24) is 0 Å². The highest BCUT2D eigenvalue weighted by atomic mass is 32.1. The number of halogens is 3. The molecule has 3 nitrogen and oxygen atoms in total. The van der Waals surface area contributed by atoms with Crippen molar-refractivity contribution in [3.05, 3.63) is 0 Å². The Bertz CT molecular complexity index is 214. The summed E-state index contributed by atoms with van der Waals surface area (Å²) in [6.07, 6.45) is -5.06. The van der Waals surface area contributed by atoms with Crippen LogP contribution in [0.15, 0.2) is 0 Å². The molecule has 76 valence electrons. The van der Waals surface area contributed by atoms with Gasteiger partial charge in [-0.2, -0.15) is 25.8 Å². The third kappa shape index (κ3) is 3.67. The summed E-state index contributed by atoms with van der Waals surface area (Å²) >= 11 is 3.20. The first-order valence-corrected chi connectivity index (χ1v) is 3.78. The monoisotopic (exact) mass is 216 g/mol. The molecule has 0 aromatic rings. The van der Waals surface area contributed by atoms with E-state index in [-0.39, 0.29) is 6.61 Å². The van der Waals surface area contributed by atoms with Gasteiger partial charge in [0.05, 0.1) is 6.61 Å². The number of ether oxygens (including phenoxy) is 1. The van der Waals surface area contributed by atoms with E-state index in [0.29, 0.717) is 0 Å². The summed E-state index contributed by atoms with van der Waals surface area (Å²) in [6, 6.07) is 0. The van der Waals surface area contributed by atoms with Gasteiger partial charge in [0.1, 0.15) is 0 Å². The summed E-state index contributed by atoms with van der Waals surface area (Å²) < 4.78 is 39.3. The summed E-state index contributed by atoms with van der Waals surface area (Å²) in [4.78, 5) is 21.0. The Morgan fingerprint density at radius 1 is 1.46 bits per heavy atom. The molecule has 0 saturated heterocycles. The lowest BCUT2D eigenvalue weighted by atomic mass is 10.3. The molecule has 0 aromatic carbocycles. The van der Waals surface area contributed by atoms with Gasteiger partial charge in [0.25, 0.3) is 5.78 Å². The molecule has 0 aliphatic rings. The van der Waals surface area contributed by atoms with Crippen molar-refractivity contribution < 1.29 is 27.5 Å². The Hall–Kier alpha value is -0.720. The molecule has 13 heavy (non-hydrogen) atoms. The van der Waals surface area contributed by atoms with Crippen molar-refractivity contribution in [2.24, 2.45) is 0 Å². The number of ketones is 1. The lowest BCUT2D eigenvalue weighted by Gasteiger charge is -2.10. The Morgan fingerprint density at radius 2 is 1.92 bits per heavy atom. The van der Waals surface area contributed by atoms with E-state index >= 15 is 0 Å². The van der Waals surface area contributed by atoms with Crippen LogP contribution in [0.25, 0.3) is 0 Å². The lowest BCUT2D eigenvalue weighted by Crippen LogP contribution is -2.37. The standard InChI is InChI=1S/C6H7F3O3S/c1-2-12-5(11)3(13)4(10)6(7,8)9/h3,13H,2H2,1H3. The number of Topliss-reactive ketones (excluding diaryl/α,β-unsaturated/α-hetero) is 1. The van der Waals surface area contributed by atoms with Gasteiger partial charge in [0, 0.05) is 0 Å². The first-order chi connectivity index (χ1) is 5.80. The maximum atomic E-state index is 11.7. The number of esters is 1. The van der Waals surface area contributed by atoms with Gasteiger partial charge < -0.3 is 4.74 Å². The minimum absolute atomic E-state index is 0.0962. The molecular formula is C6H7F3O3S. The minimum Gasteiger partial charge on any atom is -0.465 e. The Kier molecular flexibility index (Phi) is 4.25. The SMILES string of the molecule is CCOC(=O)C(S)C(=O)C(F)(F)F. The molecule has 0 N–H and O–H groups in total. The topological polar surface area (TPSA) is 43.4 Å². The molecule has 0 saturated carbocycles. The molecular weight excluding hydrogens is 209 g/mol. The van der Waals surface area contributed by atoms with E-state index in [2.05, 4.69) is 17.4 Å². The highest BCUT2D eigenvalue weighted by Crippen LogP contribution is 2.20. The van der Waals surface area contributed by atoms with Crippen LogP contribution in [0, 0.1) is 0 Å². The number of alkyl halides is 3. The number of carbonyl (C=O) groups excluding carboxylic acids is 2. The molecule has 0 rings (SSSR count). The smallest absolute Gasteiger partial charge is 0.451 e. The summed E-state index contributed by atoms with van der Waals surface area (Å²) in [5, 5.41) is -2.08. The van der Waals surface area contributed by atoms with Gasteiger partial charge in [-0.3, -0.25) is 9.59 Å². The molecule has 0 spiro atoms. The second kappa shape index (κ2) is 4.50. The number of hydrogen-bond donors (Lipinski definition) is 1. The first kappa shape index (κ1) is 12.3. The quantitative estimate of drug-likeness (QED) is 0.434. The summed E-state index contributed by atoms with van der Waals surface area (Å²) in [7, 11) is 0. The molecule has 0 heterocycles. The van der Waals surface area contributed by atoms with Gasteiger partial charge in [-0.15, -0.1) is 0 Å². The van der Waals surface area contributed by atoms with Crippen LogP contribution in [-0.4, -0.2) is 29.8 Å². The first-order valence-electron chi connectivity index (χ1n) is 3.26. The molecule has 0 aromatic heterocycles. The van der Waals surface area contributed by atoms with E-state index in [1.807, 2.05) is 0 Å². The average Bonchev–Trinajstić information content (AvgIpc) is 2.00. The third-order valence-corrected chi connectivity index (χ3v) is 1.48. The number of rotatable bonds is 3. The second-order valence-electron chi connectivity index (χ2n) is 2.02. The van der Waals surface area contributed by atoms with Gasteiger partial charge in [-0.1, -0.05) is 0 Å². The third-order valence-electron chi connectivity index (χ3n) is 1.04. The highest BCUT2D eigenvalue weighted by molar-refractivity contribution is 7.82. The number of thiol groups is 1. The van der Waals surface area contributed by atoms with E-state index in [4.69, 9.17) is 0 Å². The van der Waals surface area contributed by atoms with Gasteiger partial charge in [-0.05, 0) is 6.92 Å². The molecule has 0 aliphatic heterocycles. The van der Waals surface area contributed by atoms with Crippen molar-refractivity contribution >= 4 is 24.4 Å². The molecule has 0 radical (unpaired) electrons. The zero-order chi connectivity index (χ0) is 10.6. The lowest BCUT2D eigenvalue weighted by molar-refractivity contribution is -0.173. The summed E-state index contributed by atoms with van der Waals surface area (Å²) in [6.45, 7) is 1.32. The van der Waals surface area contributed by atoms with Crippen LogP contribution in [0.5, 0.6) is 0 Å². The van der Waals surface area contributed by atoms with Crippen LogP contribution in [0.1, 0.15) is 6.92 Å². The molecule has 7 heteroatoms. The van der Waals surface area contributed by atoms with E-state index in [1.54, 1.807) is 0 Å². The summed E-state index contributed by atoms with van der Waals surface area (Å²) in [5.74, 6) is -3.50. The molecule has 0 aliphatic carbocycles. The van der Waals surface area contributed by atoms with Crippen molar-refractivity contribution in [3.63, 3.8) is 0 Å². The van der Waals surface area contributed by atoms with E-state index in [0.717, 1.165) is 0 Å². The molecule has 1 unspecified atom stereocenters. The Labute approximate surface area is 77.7 Å². The van der Waals surface area contributed by atoms with Gasteiger partial charge in [0.2, 0.25) is 0 Å². The maximum absolute atomic E-state index is 11.7.